The number of imidazole rings is 1. The zero-order valence-electron chi connectivity index (χ0n) is 25.2. The molecular weight excluding hydrogens is 656 g/mol. The van der Waals surface area contributed by atoms with E-state index in [1.54, 1.807) is 6.07 Å². The van der Waals surface area contributed by atoms with Gasteiger partial charge in [0.1, 0.15) is 22.8 Å². The summed E-state index contributed by atoms with van der Waals surface area (Å²) in [5.74, 6) is -0.446. The predicted octanol–water partition coefficient (Wildman–Crippen LogP) is 2.98. The highest BCUT2D eigenvalue weighted by Crippen LogP contribution is 2.43. The molecule has 6 N–H and O–H groups in total. The highest BCUT2D eigenvalue weighted by Gasteiger charge is 2.25. The zero-order valence-corrected chi connectivity index (χ0v) is 27.0. The second-order valence-electron chi connectivity index (χ2n) is 10.7. The highest BCUT2D eigenvalue weighted by molar-refractivity contribution is 7.47. The van der Waals surface area contributed by atoms with Crippen molar-refractivity contribution in [3.8, 4) is 11.5 Å². The maximum Gasteiger partial charge on any atom is 0.524 e. The van der Waals surface area contributed by atoms with Crippen LogP contribution in [0, 0.1) is 0 Å². The maximum atomic E-state index is 11.8. The van der Waals surface area contributed by atoms with Crippen molar-refractivity contribution in [1.82, 2.24) is 19.4 Å². The van der Waals surface area contributed by atoms with Gasteiger partial charge in [-0.05, 0) is 48.7 Å². The van der Waals surface area contributed by atoms with E-state index in [1.165, 1.54) is 18.2 Å². The zero-order chi connectivity index (χ0) is 33.9. The lowest BCUT2D eigenvalue weighted by atomic mass is 10.1. The van der Waals surface area contributed by atoms with Crippen LogP contribution in [0.25, 0.3) is 21.9 Å². The third-order valence-electron chi connectivity index (χ3n) is 7.30. The van der Waals surface area contributed by atoms with Crippen LogP contribution in [-0.2, 0) is 42.8 Å². The van der Waals surface area contributed by atoms with E-state index < -0.39 is 15.6 Å². The number of rotatable bonds is 15. The first-order valence-corrected chi connectivity index (χ1v) is 17.6. The van der Waals surface area contributed by atoms with E-state index in [-0.39, 0.29) is 54.4 Å². The number of phosphoric acid groups is 2. The molecule has 4 aromatic rings. The number of pyridine rings is 1. The van der Waals surface area contributed by atoms with E-state index in [0.717, 1.165) is 35.4 Å². The van der Waals surface area contributed by atoms with Gasteiger partial charge in [-0.15, -0.1) is 0 Å². The molecule has 0 aliphatic carbocycles. The number of fused-ring (bicyclic) bond motifs is 3. The molecule has 0 fully saturated rings. The lowest BCUT2D eigenvalue weighted by molar-refractivity contribution is -0.137. The number of unbranched alkanes of at least 4 members (excludes halogenated alkanes) is 1. The molecule has 0 radical (unpaired) electrons. The van der Waals surface area contributed by atoms with Crippen LogP contribution in [0.4, 0.5) is 5.82 Å². The van der Waals surface area contributed by atoms with E-state index in [9.17, 15) is 38.3 Å². The van der Waals surface area contributed by atoms with Crippen LogP contribution in [0.2, 0.25) is 0 Å². The van der Waals surface area contributed by atoms with Gasteiger partial charge in [0.25, 0.3) is 11.8 Å². The number of carbonyl (C=O) groups excluding carboxylic acids is 2. The Morgan fingerprint density at radius 3 is 2.30 bits per heavy atom. The SMILES string of the molecule is CCCCc1nc2c(N)nc3ccc(CCOCCN4C(=O)C=CC4=O)cc3c2n1Cc1cc(OP(=O)(O)O)ccc1OP(=O)(O)O. The summed E-state index contributed by atoms with van der Waals surface area (Å²) in [5, 5.41) is 0.682. The number of phosphoric ester groups is 2. The lowest BCUT2D eigenvalue weighted by Crippen LogP contribution is -2.33. The summed E-state index contributed by atoms with van der Waals surface area (Å²) in [6.07, 6.45) is 5.04. The largest absolute Gasteiger partial charge is 0.524 e. The summed E-state index contributed by atoms with van der Waals surface area (Å²) in [5.41, 5.74) is 8.94. The fraction of sp³-hybridized carbons (Fsp3) is 0.310. The third kappa shape index (κ3) is 8.42. The van der Waals surface area contributed by atoms with E-state index in [2.05, 4.69) is 4.98 Å². The number of hydrogen-bond donors (Lipinski definition) is 5. The molecule has 0 atom stereocenters. The van der Waals surface area contributed by atoms with Gasteiger partial charge in [-0.1, -0.05) is 19.4 Å². The van der Waals surface area contributed by atoms with Crippen molar-refractivity contribution in [2.45, 2.75) is 39.2 Å². The Balaban J connectivity index is 1.51. The van der Waals surface area contributed by atoms with Crippen LogP contribution in [0.1, 0.15) is 36.7 Å². The Morgan fingerprint density at radius 1 is 0.894 bits per heavy atom. The summed E-state index contributed by atoms with van der Waals surface area (Å²) in [6, 6.07) is 9.09. The van der Waals surface area contributed by atoms with Gasteiger partial charge in [0, 0.05) is 29.5 Å². The summed E-state index contributed by atoms with van der Waals surface area (Å²) in [6.45, 7) is 2.54. The first kappa shape index (κ1) is 34.2. The topological polar surface area (TPSA) is 237 Å². The number of hydrogen-bond acceptors (Lipinski definition) is 10. The number of aromatic nitrogens is 3. The number of ether oxygens (including phenoxy) is 1. The molecular formula is C29H33N5O11P2. The highest BCUT2D eigenvalue weighted by atomic mass is 31.2. The van der Waals surface area contributed by atoms with Crippen LogP contribution in [0.5, 0.6) is 11.5 Å². The van der Waals surface area contributed by atoms with E-state index in [0.29, 0.717) is 47.2 Å². The average molecular weight is 690 g/mol. The van der Waals surface area contributed by atoms with Crippen LogP contribution in [0.3, 0.4) is 0 Å². The molecule has 2 aromatic heterocycles. The van der Waals surface area contributed by atoms with Crippen LogP contribution >= 0.6 is 15.6 Å². The second kappa shape index (κ2) is 13.9. The number of nitrogen functional groups attached to an aromatic ring is 1. The molecule has 0 bridgehead atoms. The predicted molar refractivity (Wildman–Crippen MR) is 169 cm³/mol. The van der Waals surface area contributed by atoms with Crippen LogP contribution in [-0.4, -0.2) is 70.6 Å². The number of benzene rings is 2. The van der Waals surface area contributed by atoms with Gasteiger partial charge in [-0.2, -0.15) is 0 Å². The standard InChI is InChI=1S/C29H33N5O11P2/c1-2-3-4-24-32-27-28(34(24)17-19-16-20(44-46(37,38)39)6-8-23(19)45-47(40,41)42)21-15-18(5-7-22(21)31-29(27)30)11-13-43-14-12-33-25(35)9-10-26(33)36/h5-10,15-16H,2-4,11-14,17H2,1H3,(H2,30,31)(H2,37,38,39)(H2,40,41,42). The van der Waals surface area contributed by atoms with Crippen molar-refractivity contribution in [1.29, 1.82) is 0 Å². The van der Waals surface area contributed by atoms with Crippen LogP contribution in [0.15, 0.2) is 48.6 Å². The molecule has 0 saturated carbocycles. The fourth-order valence-electron chi connectivity index (χ4n) is 5.22. The maximum absolute atomic E-state index is 11.8. The molecule has 3 heterocycles. The molecule has 5 rings (SSSR count). The first-order chi connectivity index (χ1) is 22.2. The van der Waals surface area contributed by atoms with E-state index >= 15 is 0 Å². The first-order valence-electron chi connectivity index (χ1n) is 14.5. The fourth-order valence-corrected chi connectivity index (χ4v) is 6.04. The van der Waals surface area contributed by atoms with Crippen LogP contribution < -0.4 is 14.8 Å². The number of amides is 2. The monoisotopic (exact) mass is 689 g/mol. The Hall–Kier alpha value is -4.14. The molecule has 47 heavy (non-hydrogen) atoms. The van der Waals surface area contributed by atoms with Gasteiger partial charge in [0.05, 0.1) is 37.3 Å². The minimum Gasteiger partial charge on any atom is -0.404 e. The smallest absolute Gasteiger partial charge is 0.404 e. The third-order valence-corrected chi connectivity index (χ3v) is 8.18. The lowest BCUT2D eigenvalue weighted by Gasteiger charge is -2.17. The van der Waals surface area contributed by atoms with Crippen molar-refractivity contribution in [2.24, 2.45) is 0 Å². The molecule has 1 aliphatic heterocycles. The van der Waals surface area contributed by atoms with Crippen molar-refractivity contribution in [3.63, 3.8) is 0 Å². The Morgan fingerprint density at radius 2 is 1.62 bits per heavy atom. The number of imide groups is 1. The summed E-state index contributed by atoms with van der Waals surface area (Å²) in [7, 11) is -9.97. The van der Waals surface area contributed by atoms with E-state index in [4.69, 9.17) is 24.5 Å². The number of aryl methyl sites for hydroxylation is 1. The normalized spacial score (nSPS) is 13.8. The molecule has 0 unspecified atom stereocenters. The van der Waals surface area contributed by atoms with Gasteiger partial charge in [0.2, 0.25) is 0 Å². The number of nitrogens with zero attached hydrogens (tertiary/aromatic N) is 4. The average Bonchev–Trinajstić information content (AvgIpc) is 3.51. The Labute approximate surface area is 268 Å². The minimum atomic E-state index is -5.02. The summed E-state index contributed by atoms with van der Waals surface area (Å²) in [4.78, 5) is 71.7. The molecule has 2 amide bonds. The molecule has 1 aliphatic rings. The minimum absolute atomic E-state index is 0.0854. The number of carbonyl (C=O) groups is 2. The van der Waals surface area contributed by atoms with Crippen molar-refractivity contribution in [2.75, 3.05) is 25.5 Å². The van der Waals surface area contributed by atoms with Gasteiger partial charge < -0.3 is 24.1 Å². The second-order valence-corrected chi connectivity index (χ2v) is 13.0. The number of nitrogens with two attached hydrogens (primary N) is 1. The van der Waals surface area contributed by atoms with E-state index in [1.807, 2.05) is 23.6 Å². The van der Waals surface area contributed by atoms with Gasteiger partial charge in [-0.3, -0.25) is 34.1 Å². The molecule has 0 spiro atoms. The van der Waals surface area contributed by atoms with Crippen molar-refractivity contribution in [3.05, 3.63) is 65.5 Å². The Kier molecular flexibility index (Phi) is 10.1. The summed E-state index contributed by atoms with van der Waals surface area (Å²) >= 11 is 0. The molecule has 0 saturated heterocycles. The quantitative estimate of drug-likeness (QED) is 0.0686. The molecule has 18 heteroatoms. The van der Waals surface area contributed by atoms with Gasteiger partial charge in [0.15, 0.2) is 5.82 Å². The Bertz CT molecular complexity index is 1950. The molecule has 250 valence electrons. The van der Waals surface area contributed by atoms with Crippen molar-refractivity contribution >= 4 is 55.2 Å². The number of anilines is 1. The van der Waals surface area contributed by atoms with Crippen molar-refractivity contribution < 1.29 is 52.1 Å². The molecule has 16 nitrogen and oxygen atoms in total. The van der Waals surface area contributed by atoms with Gasteiger partial charge >= 0.3 is 15.6 Å². The van der Waals surface area contributed by atoms with Gasteiger partial charge in [-0.25, -0.2) is 19.1 Å². The summed E-state index contributed by atoms with van der Waals surface area (Å²) < 4.78 is 40.5. The molecule has 2 aromatic carbocycles.